The Morgan fingerprint density at radius 1 is 0.938 bits per heavy atom. The fraction of sp³-hybridized carbons (Fsp3) is 0.375. The Hall–Kier alpha value is -1.30. The van der Waals surface area contributed by atoms with E-state index in [9.17, 15) is 0 Å². The first-order chi connectivity index (χ1) is 7.45. The molecule has 0 fully saturated rings. The average Bonchev–Trinajstić information content (AvgIpc) is 2.21. The van der Waals surface area contributed by atoms with Crippen LogP contribution in [0.3, 0.4) is 0 Å². The van der Waals surface area contributed by atoms with Crippen molar-refractivity contribution in [3.63, 3.8) is 0 Å². The highest BCUT2D eigenvalue weighted by Gasteiger charge is 2.02. The Kier molecular flexibility index (Phi) is 4.12. The molecule has 0 aliphatic carbocycles. The van der Waals surface area contributed by atoms with Crippen molar-refractivity contribution < 1.29 is 0 Å². The van der Waals surface area contributed by atoms with E-state index >= 15 is 0 Å². The fourth-order valence-electron chi connectivity index (χ4n) is 1.98. The van der Waals surface area contributed by atoms with Gasteiger partial charge in [0.25, 0.3) is 0 Å². The van der Waals surface area contributed by atoms with Crippen molar-refractivity contribution in [1.82, 2.24) is 0 Å². The summed E-state index contributed by atoms with van der Waals surface area (Å²) in [4.78, 5) is 0. The lowest BCUT2D eigenvalue weighted by Gasteiger charge is -2.09. The second kappa shape index (κ2) is 5.16. The molecule has 0 radical (unpaired) electrons. The lowest BCUT2D eigenvalue weighted by atomic mass is 9.96. The molecule has 1 aromatic carbocycles. The van der Waals surface area contributed by atoms with Gasteiger partial charge in [-0.25, -0.2) is 0 Å². The van der Waals surface area contributed by atoms with Crippen LogP contribution in [0.15, 0.2) is 29.4 Å². The van der Waals surface area contributed by atoms with E-state index in [-0.39, 0.29) is 0 Å². The van der Waals surface area contributed by atoms with Crippen LogP contribution in [0.25, 0.3) is 6.08 Å². The van der Waals surface area contributed by atoms with Crippen LogP contribution >= 0.6 is 0 Å². The molecule has 0 nitrogen and oxygen atoms in total. The minimum Gasteiger partial charge on any atom is -0.0845 e. The highest BCUT2D eigenvalue weighted by Crippen LogP contribution is 2.21. The SMILES string of the molecule is C/C=C(C)/C(C)=C/c1c(C)cc(C)cc1C. The van der Waals surface area contributed by atoms with Gasteiger partial charge in [-0.2, -0.15) is 0 Å². The van der Waals surface area contributed by atoms with Crippen molar-refractivity contribution in [2.75, 3.05) is 0 Å². The molecule has 0 aromatic heterocycles. The molecule has 1 rings (SSSR count). The molecule has 16 heavy (non-hydrogen) atoms. The summed E-state index contributed by atoms with van der Waals surface area (Å²) in [5, 5.41) is 0. The van der Waals surface area contributed by atoms with Gasteiger partial charge in [0.05, 0.1) is 0 Å². The van der Waals surface area contributed by atoms with Crippen molar-refractivity contribution in [2.45, 2.75) is 41.5 Å². The predicted octanol–water partition coefficient (Wildman–Crippen LogP) is 4.98. The van der Waals surface area contributed by atoms with Crippen LogP contribution in [0.4, 0.5) is 0 Å². The molecule has 0 saturated heterocycles. The van der Waals surface area contributed by atoms with Gasteiger partial charge in [0.15, 0.2) is 0 Å². The Morgan fingerprint density at radius 2 is 1.44 bits per heavy atom. The minimum atomic E-state index is 1.34. The van der Waals surface area contributed by atoms with E-state index in [1.807, 2.05) is 0 Å². The van der Waals surface area contributed by atoms with E-state index in [0.717, 1.165) is 0 Å². The van der Waals surface area contributed by atoms with Crippen LogP contribution in [-0.2, 0) is 0 Å². The van der Waals surface area contributed by atoms with Crippen molar-refractivity contribution in [3.05, 3.63) is 51.6 Å². The van der Waals surface area contributed by atoms with E-state index < -0.39 is 0 Å². The van der Waals surface area contributed by atoms with Gasteiger partial charge in [0.2, 0.25) is 0 Å². The Bertz CT molecular complexity index is 422. The molecule has 0 atom stereocenters. The molecule has 0 heterocycles. The summed E-state index contributed by atoms with van der Waals surface area (Å²) in [6.45, 7) is 12.9. The van der Waals surface area contributed by atoms with Crippen LogP contribution in [0.1, 0.15) is 43.0 Å². The van der Waals surface area contributed by atoms with Crippen molar-refractivity contribution in [2.24, 2.45) is 0 Å². The molecule has 0 unspecified atom stereocenters. The van der Waals surface area contributed by atoms with Gasteiger partial charge < -0.3 is 0 Å². The van der Waals surface area contributed by atoms with Gasteiger partial charge in [-0.3, -0.25) is 0 Å². The molecule has 0 heteroatoms. The molecular formula is C16H22. The van der Waals surface area contributed by atoms with E-state index in [1.54, 1.807) is 0 Å². The summed E-state index contributed by atoms with van der Waals surface area (Å²) >= 11 is 0. The Balaban J connectivity index is 3.25. The molecule has 0 aliphatic rings. The monoisotopic (exact) mass is 214 g/mol. The third-order valence-electron chi connectivity index (χ3n) is 3.15. The third-order valence-corrected chi connectivity index (χ3v) is 3.15. The smallest absolute Gasteiger partial charge is 0.0195 e. The highest BCUT2D eigenvalue weighted by atomic mass is 14.1. The fourth-order valence-corrected chi connectivity index (χ4v) is 1.98. The first-order valence-electron chi connectivity index (χ1n) is 5.85. The number of benzene rings is 1. The number of rotatable bonds is 2. The van der Waals surface area contributed by atoms with Gasteiger partial charge in [0, 0.05) is 0 Å². The van der Waals surface area contributed by atoms with Gasteiger partial charge in [-0.05, 0) is 63.8 Å². The highest BCUT2D eigenvalue weighted by molar-refractivity contribution is 5.63. The number of hydrogen-bond acceptors (Lipinski definition) is 0. The van der Waals surface area contributed by atoms with Crippen molar-refractivity contribution in [3.8, 4) is 0 Å². The molecule has 0 amide bonds. The first kappa shape index (κ1) is 12.8. The molecule has 0 spiro atoms. The standard InChI is InChI=1S/C16H22/c1-7-12(3)13(4)10-16-14(5)8-11(2)9-15(16)6/h7-10H,1-6H3/b12-7+,13-10+. The maximum atomic E-state index is 2.29. The maximum Gasteiger partial charge on any atom is -0.0195 e. The van der Waals surface area contributed by atoms with Crippen LogP contribution in [0.5, 0.6) is 0 Å². The van der Waals surface area contributed by atoms with Crippen LogP contribution in [-0.4, -0.2) is 0 Å². The van der Waals surface area contributed by atoms with E-state index in [1.165, 1.54) is 33.4 Å². The summed E-state index contributed by atoms with van der Waals surface area (Å²) in [7, 11) is 0. The van der Waals surface area contributed by atoms with Crippen LogP contribution in [0, 0.1) is 20.8 Å². The molecular weight excluding hydrogens is 192 g/mol. The summed E-state index contributed by atoms with van der Waals surface area (Å²) in [5.41, 5.74) is 8.12. The number of hydrogen-bond donors (Lipinski definition) is 0. The van der Waals surface area contributed by atoms with Gasteiger partial charge >= 0.3 is 0 Å². The second-order valence-corrected chi connectivity index (χ2v) is 4.61. The average molecular weight is 214 g/mol. The zero-order valence-corrected chi connectivity index (χ0v) is 11.3. The summed E-state index contributed by atoms with van der Waals surface area (Å²) in [6, 6.07) is 4.49. The lowest BCUT2D eigenvalue weighted by Crippen LogP contribution is -1.90. The van der Waals surface area contributed by atoms with Crippen LogP contribution < -0.4 is 0 Å². The van der Waals surface area contributed by atoms with Gasteiger partial charge in [-0.1, -0.05) is 35.4 Å². The maximum absolute atomic E-state index is 2.29. The summed E-state index contributed by atoms with van der Waals surface area (Å²) in [5.74, 6) is 0. The van der Waals surface area contributed by atoms with E-state index in [0.29, 0.717) is 0 Å². The number of aryl methyl sites for hydroxylation is 3. The van der Waals surface area contributed by atoms with Crippen LogP contribution in [0.2, 0.25) is 0 Å². The summed E-state index contributed by atoms with van der Waals surface area (Å²) in [6.07, 6.45) is 4.45. The summed E-state index contributed by atoms with van der Waals surface area (Å²) < 4.78 is 0. The number of allylic oxidation sites excluding steroid dienone is 3. The molecule has 86 valence electrons. The molecule has 0 bridgehead atoms. The lowest BCUT2D eigenvalue weighted by molar-refractivity contribution is 1.28. The quantitative estimate of drug-likeness (QED) is 0.609. The zero-order valence-electron chi connectivity index (χ0n) is 11.3. The van der Waals surface area contributed by atoms with Crippen molar-refractivity contribution in [1.29, 1.82) is 0 Å². The van der Waals surface area contributed by atoms with Gasteiger partial charge in [0.1, 0.15) is 0 Å². The van der Waals surface area contributed by atoms with Gasteiger partial charge in [-0.15, -0.1) is 0 Å². The Labute approximate surface area is 99.7 Å². The van der Waals surface area contributed by atoms with Crippen molar-refractivity contribution >= 4 is 6.08 Å². The molecule has 0 saturated carbocycles. The first-order valence-corrected chi connectivity index (χ1v) is 5.85. The predicted molar refractivity (Wildman–Crippen MR) is 73.7 cm³/mol. The molecule has 1 aromatic rings. The van der Waals surface area contributed by atoms with E-state index in [4.69, 9.17) is 0 Å². The largest absolute Gasteiger partial charge is 0.0845 e. The topological polar surface area (TPSA) is 0 Å². The minimum absolute atomic E-state index is 1.34. The second-order valence-electron chi connectivity index (χ2n) is 4.61. The Morgan fingerprint density at radius 3 is 1.88 bits per heavy atom. The molecule has 0 N–H and O–H groups in total. The third kappa shape index (κ3) is 2.85. The molecule has 0 aliphatic heterocycles. The van der Waals surface area contributed by atoms with E-state index in [2.05, 4.69) is 65.8 Å². The zero-order chi connectivity index (χ0) is 12.3. The normalized spacial score (nSPS) is 13.1.